The van der Waals surface area contributed by atoms with E-state index in [0.29, 0.717) is 23.5 Å². The number of rotatable bonds is 3. The van der Waals surface area contributed by atoms with Crippen LogP contribution in [-0.2, 0) is 6.54 Å². The standard InChI is InChI=1S/C15H22N6O.HI/c1-15(2)6-7-21(10-15)14(16-3)17-9-12-18-13(20-19-12)11-5-4-8-22-11;/h4-5,8H,6-7,9-10H2,1-3H3,(H,16,17)(H,18,19,20);1H. The number of nitrogens with zero attached hydrogens (tertiary/aromatic N) is 4. The summed E-state index contributed by atoms with van der Waals surface area (Å²) < 4.78 is 5.29. The molecule has 0 amide bonds. The maximum atomic E-state index is 5.29. The lowest BCUT2D eigenvalue weighted by atomic mass is 9.93. The first-order valence-electron chi connectivity index (χ1n) is 7.48. The lowest BCUT2D eigenvalue weighted by Gasteiger charge is -2.23. The van der Waals surface area contributed by atoms with Gasteiger partial charge in [-0.15, -0.1) is 29.1 Å². The number of guanidine groups is 1. The molecule has 8 heteroatoms. The van der Waals surface area contributed by atoms with E-state index >= 15 is 0 Å². The summed E-state index contributed by atoms with van der Waals surface area (Å²) in [4.78, 5) is 11.1. The number of H-pyrrole nitrogens is 1. The van der Waals surface area contributed by atoms with Crippen molar-refractivity contribution in [3.05, 3.63) is 24.2 Å². The zero-order chi connectivity index (χ0) is 15.6. The number of hydrogen-bond donors (Lipinski definition) is 2. The predicted octanol–water partition coefficient (Wildman–Crippen LogP) is 2.49. The molecule has 2 aromatic rings. The lowest BCUT2D eigenvalue weighted by Crippen LogP contribution is -2.40. The van der Waals surface area contributed by atoms with Gasteiger partial charge in [-0.05, 0) is 24.0 Å². The van der Waals surface area contributed by atoms with Gasteiger partial charge in [-0.3, -0.25) is 10.1 Å². The summed E-state index contributed by atoms with van der Waals surface area (Å²) in [6.07, 6.45) is 2.79. The van der Waals surface area contributed by atoms with Crippen LogP contribution in [-0.4, -0.2) is 46.2 Å². The summed E-state index contributed by atoms with van der Waals surface area (Å²) in [6, 6.07) is 3.66. The van der Waals surface area contributed by atoms with Crippen LogP contribution in [0.3, 0.4) is 0 Å². The molecule has 1 fully saturated rings. The molecule has 2 aromatic heterocycles. The van der Waals surface area contributed by atoms with Crippen molar-refractivity contribution in [2.45, 2.75) is 26.8 Å². The van der Waals surface area contributed by atoms with Crippen LogP contribution in [0.4, 0.5) is 0 Å². The highest BCUT2D eigenvalue weighted by atomic mass is 127. The second-order valence-corrected chi connectivity index (χ2v) is 6.32. The quantitative estimate of drug-likeness (QED) is 0.444. The molecule has 1 aliphatic heterocycles. The first-order chi connectivity index (χ1) is 10.6. The van der Waals surface area contributed by atoms with Crippen molar-refractivity contribution in [2.24, 2.45) is 10.4 Å². The summed E-state index contributed by atoms with van der Waals surface area (Å²) in [7, 11) is 1.81. The molecule has 1 aliphatic rings. The number of likely N-dealkylation sites (tertiary alicyclic amines) is 1. The highest BCUT2D eigenvalue weighted by molar-refractivity contribution is 14.0. The third-order valence-corrected chi connectivity index (χ3v) is 3.88. The molecular formula is C15H23IN6O. The van der Waals surface area contributed by atoms with E-state index in [4.69, 9.17) is 4.42 Å². The number of hydrogen-bond acceptors (Lipinski definition) is 4. The zero-order valence-corrected chi connectivity index (χ0v) is 16.0. The van der Waals surface area contributed by atoms with E-state index < -0.39 is 0 Å². The van der Waals surface area contributed by atoms with Gasteiger partial charge in [0.05, 0.1) is 12.8 Å². The Balaban J connectivity index is 0.00000192. The summed E-state index contributed by atoms with van der Waals surface area (Å²) in [5.74, 6) is 2.89. The Morgan fingerprint density at radius 1 is 1.52 bits per heavy atom. The molecule has 1 saturated heterocycles. The van der Waals surface area contributed by atoms with Crippen LogP contribution in [0.1, 0.15) is 26.1 Å². The Morgan fingerprint density at radius 3 is 2.96 bits per heavy atom. The van der Waals surface area contributed by atoms with E-state index in [1.807, 2.05) is 19.2 Å². The number of aromatic nitrogens is 3. The molecule has 0 aliphatic carbocycles. The SMILES string of the molecule is CN=C(NCc1nc(-c2ccco2)n[nH]1)N1CCC(C)(C)C1.I. The van der Waals surface area contributed by atoms with Crippen LogP contribution in [0, 0.1) is 5.41 Å². The fourth-order valence-corrected chi connectivity index (χ4v) is 2.68. The average Bonchev–Trinajstić information content (AvgIpc) is 3.19. The second kappa shape index (κ2) is 7.33. The van der Waals surface area contributed by atoms with E-state index in [1.165, 1.54) is 6.42 Å². The molecule has 23 heavy (non-hydrogen) atoms. The van der Waals surface area contributed by atoms with Gasteiger partial charge >= 0.3 is 0 Å². The van der Waals surface area contributed by atoms with Gasteiger partial charge in [0, 0.05) is 20.1 Å². The van der Waals surface area contributed by atoms with Gasteiger partial charge in [-0.25, -0.2) is 4.98 Å². The summed E-state index contributed by atoms with van der Waals surface area (Å²) in [5, 5.41) is 10.4. The molecule has 0 spiro atoms. The fraction of sp³-hybridized carbons (Fsp3) is 0.533. The van der Waals surface area contributed by atoms with Gasteiger partial charge in [-0.1, -0.05) is 13.8 Å². The van der Waals surface area contributed by atoms with Crippen LogP contribution in [0.5, 0.6) is 0 Å². The molecule has 0 radical (unpaired) electrons. The zero-order valence-electron chi connectivity index (χ0n) is 13.7. The molecule has 0 saturated carbocycles. The molecule has 7 nitrogen and oxygen atoms in total. The molecule has 3 heterocycles. The average molecular weight is 430 g/mol. The largest absolute Gasteiger partial charge is 0.461 e. The minimum absolute atomic E-state index is 0. The Hall–Kier alpha value is -1.58. The lowest BCUT2D eigenvalue weighted by molar-refractivity contribution is 0.370. The van der Waals surface area contributed by atoms with Crippen molar-refractivity contribution in [3.8, 4) is 11.6 Å². The van der Waals surface area contributed by atoms with Gasteiger partial charge in [-0.2, -0.15) is 0 Å². The Kier molecular flexibility index (Phi) is 5.66. The second-order valence-electron chi connectivity index (χ2n) is 6.32. The molecule has 126 valence electrons. The van der Waals surface area contributed by atoms with E-state index in [1.54, 1.807) is 6.26 Å². The first kappa shape index (κ1) is 17.8. The maximum absolute atomic E-state index is 5.29. The smallest absolute Gasteiger partial charge is 0.216 e. The van der Waals surface area contributed by atoms with E-state index in [0.717, 1.165) is 24.9 Å². The minimum atomic E-state index is 0. The van der Waals surface area contributed by atoms with E-state index in [9.17, 15) is 0 Å². The molecule has 0 atom stereocenters. The van der Waals surface area contributed by atoms with Gasteiger partial charge in [0.25, 0.3) is 0 Å². The van der Waals surface area contributed by atoms with Gasteiger partial charge < -0.3 is 14.6 Å². The molecule has 0 unspecified atom stereocenters. The fourth-order valence-electron chi connectivity index (χ4n) is 2.68. The van der Waals surface area contributed by atoms with Crippen LogP contribution in [0.2, 0.25) is 0 Å². The van der Waals surface area contributed by atoms with E-state index in [-0.39, 0.29) is 24.0 Å². The molecule has 0 bridgehead atoms. The summed E-state index contributed by atoms with van der Waals surface area (Å²) in [6.45, 7) is 7.16. The van der Waals surface area contributed by atoms with Crippen molar-refractivity contribution in [2.75, 3.05) is 20.1 Å². The number of halogens is 1. The number of aliphatic imine (C=N–C) groups is 1. The molecule has 2 N–H and O–H groups in total. The number of furan rings is 1. The topological polar surface area (TPSA) is 82.3 Å². The maximum Gasteiger partial charge on any atom is 0.216 e. The molecular weight excluding hydrogens is 407 g/mol. The highest BCUT2D eigenvalue weighted by Crippen LogP contribution is 2.28. The van der Waals surface area contributed by atoms with Gasteiger partial charge in [0.2, 0.25) is 5.82 Å². The van der Waals surface area contributed by atoms with Crippen LogP contribution < -0.4 is 5.32 Å². The summed E-state index contributed by atoms with van der Waals surface area (Å²) in [5.41, 5.74) is 0.344. The van der Waals surface area contributed by atoms with Crippen LogP contribution in [0.25, 0.3) is 11.6 Å². The Morgan fingerprint density at radius 2 is 2.35 bits per heavy atom. The third kappa shape index (κ3) is 4.24. The highest BCUT2D eigenvalue weighted by Gasteiger charge is 2.30. The molecule has 0 aromatic carbocycles. The number of nitrogens with one attached hydrogen (secondary N) is 2. The van der Waals surface area contributed by atoms with Crippen LogP contribution >= 0.6 is 24.0 Å². The van der Waals surface area contributed by atoms with Gasteiger partial charge in [0.1, 0.15) is 5.82 Å². The van der Waals surface area contributed by atoms with E-state index in [2.05, 4.69) is 44.2 Å². The van der Waals surface area contributed by atoms with Crippen molar-refractivity contribution in [1.29, 1.82) is 0 Å². The Labute approximate surface area is 153 Å². The number of aromatic amines is 1. The van der Waals surface area contributed by atoms with Crippen molar-refractivity contribution in [1.82, 2.24) is 25.4 Å². The van der Waals surface area contributed by atoms with Gasteiger partial charge in [0.15, 0.2) is 11.7 Å². The van der Waals surface area contributed by atoms with Crippen LogP contribution in [0.15, 0.2) is 27.8 Å². The van der Waals surface area contributed by atoms with Crippen molar-refractivity contribution in [3.63, 3.8) is 0 Å². The normalized spacial score (nSPS) is 17.2. The third-order valence-electron chi connectivity index (χ3n) is 3.88. The first-order valence-corrected chi connectivity index (χ1v) is 7.48. The van der Waals surface area contributed by atoms with Crippen molar-refractivity contribution >= 4 is 29.9 Å². The molecule has 3 rings (SSSR count). The van der Waals surface area contributed by atoms with Crippen molar-refractivity contribution < 1.29 is 4.42 Å². The minimum Gasteiger partial charge on any atom is -0.461 e. The summed E-state index contributed by atoms with van der Waals surface area (Å²) >= 11 is 0. The Bertz CT molecular complexity index is 649. The monoisotopic (exact) mass is 430 g/mol. The predicted molar refractivity (Wildman–Crippen MR) is 99.7 cm³/mol.